The lowest BCUT2D eigenvalue weighted by Gasteiger charge is -2.68. The zero-order valence-electron chi connectivity index (χ0n) is 21.2. The quantitative estimate of drug-likeness (QED) is 0.223. The SMILES string of the molecule is C=CCC/C(C(=O)O)=C1/[C@@H](OC(C)=O)C[C@@]2(C)[C@H]1C[C@@H](O)[C@H]1[C@@]3(C)CC[C@@H](O)[C@@H](N)[C@@H]3CC[C@@]12N. The molecule has 196 valence electrons. The maximum Gasteiger partial charge on any atom is 0.331 e. The third-order valence-electron chi connectivity index (χ3n) is 10.4. The number of aliphatic hydroxyl groups is 2. The van der Waals surface area contributed by atoms with Gasteiger partial charge in [0.1, 0.15) is 6.10 Å². The molecule has 0 bridgehead atoms. The molecule has 0 aromatic heterocycles. The smallest absolute Gasteiger partial charge is 0.331 e. The van der Waals surface area contributed by atoms with Gasteiger partial charge in [-0.25, -0.2) is 4.79 Å². The summed E-state index contributed by atoms with van der Waals surface area (Å²) < 4.78 is 5.74. The summed E-state index contributed by atoms with van der Waals surface area (Å²) in [6.07, 6.45) is 3.86. The third kappa shape index (κ3) is 3.79. The first-order chi connectivity index (χ1) is 16.3. The summed E-state index contributed by atoms with van der Waals surface area (Å²) in [7, 11) is 0. The van der Waals surface area contributed by atoms with E-state index in [1.807, 2.05) is 0 Å². The fraction of sp³-hybridized carbons (Fsp3) is 0.778. The fourth-order valence-corrected chi connectivity index (χ4v) is 8.83. The standard InChI is InChI=1S/C27H42N2O6/c1-5-6-7-15(24(33)34)21-17-12-19(32)23-25(3)10-9-18(31)22(28)16(25)8-11-27(23,29)26(17,4)13-20(21)35-14(2)30/h5,16-20,22-23,31-32H,1,6-13,28-29H2,2-4H3,(H,33,34)/b21-15-/t16-,17-,18+,19+,20-,22-,23-,25-,26-,27+/m0/s1. The van der Waals surface area contributed by atoms with Gasteiger partial charge in [-0.3, -0.25) is 4.79 Å². The van der Waals surface area contributed by atoms with Gasteiger partial charge in [-0.2, -0.15) is 0 Å². The van der Waals surface area contributed by atoms with Crippen molar-refractivity contribution in [3.8, 4) is 0 Å². The van der Waals surface area contributed by atoms with E-state index in [-0.39, 0.29) is 41.2 Å². The van der Waals surface area contributed by atoms with Crippen LogP contribution in [0.1, 0.15) is 72.1 Å². The Kier molecular flexibility index (Phi) is 6.75. The van der Waals surface area contributed by atoms with E-state index in [2.05, 4.69) is 20.4 Å². The van der Waals surface area contributed by atoms with Crippen molar-refractivity contribution in [2.45, 2.75) is 102 Å². The first kappa shape index (κ1) is 26.3. The minimum atomic E-state index is -1.03. The van der Waals surface area contributed by atoms with Crippen molar-refractivity contribution in [1.29, 1.82) is 0 Å². The number of nitrogens with two attached hydrogens (primary N) is 2. The Labute approximate surface area is 207 Å². The summed E-state index contributed by atoms with van der Waals surface area (Å²) in [6, 6.07) is -0.360. The molecule has 0 aliphatic heterocycles. The number of hydrogen-bond acceptors (Lipinski definition) is 7. The molecule has 0 spiro atoms. The number of aliphatic carboxylic acids is 1. The number of hydrogen-bond donors (Lipinski definition) is 5. The molecule has 0 saturated heterocycles. The number of carbonyl (C=O) groups is 2. The van der Waals surface area contributed by atoms with Crippen LogP contribution in [-0.4, -0.2) is 57.2 Å². The van der Waals surface area contributed by atoms with Gasteiger partial charge in [0.2, 0.25) is 0 Å². The molecule has 4 saturated carbocycles. The lowest BCUT2D eigenvalue weighted by molar-refractivity contribution is -0.193. The highest BCUT2D eigenvalue weighted by atomic mass is 16.5. The van der Waals surface area contributed by atoms with Crippen LogP contribution in [-0.2, 0) is 14.3 Å². The molecule has 0 aromatic rings. The Morgan fingerprint density at radius 3 is 2.49 bits per heavy atom. The molecule has 4 aliphatic rings. The molecule has 0 amide bonds. The van der Waals surface area contributed by atoms with Gasteiger partial charge in [-0.05, 0) is 79.6 Å². The maximum absolute atomic E-state index is 12.4. The molecule has 0 radical (unpaired) electrons. The number of allylic oxidation sites excluding steroid dienone is 1. The largest absolute Gasteiger partial charge is 0.478 e. The minimum Gasteiger partial charge on any atom is -0.478 e. The van der Waals surface area contributed by atoms with E-state index in [0.29, 0.717) is 37.7 Å². The van der Waals surface area contributed by atoms with Gasteiger partial charge in [-0.1, -0.05) is 19.9 Å². The molecular formula is C27H42N2O6. The van der Waals surface area contributed by atoms with Crippen LogP contribution in [0, 0.1) is 28.6 Å². The molecule has 4 rings (SSSR count). The van der Waals surface area contributed by atoms with Crippen LogP contribution in [0.3, 0.4) is 0 Å². The molecule has 8 nitrogen and oxygen atoms in total. The summed E-state index contributed by atoms with van der Waals surface area (Å²) in [5.74, 6) is -2.02. The van der Waals surface area contributed by atoms with Crippen molar-refractivity contribution in [3.63, 3.8) is 0 Å². The summed E-state index contributed by atoms with van der Waals surface area (Å²) in [4.78, 5) is 24.5. The van der Waals surface area contributed by atoms with Gasteiger partial charge in [0.15, 0.2) is 0 Å². The summed E-state index contributed by atoms with van der Waals surface area (Å²) >= 11 is 0. The van der Waals surface area contributed by atoms with E-state index in [1.165, 1.54) is 6.92 Å². The van der Waals surface area contributed by atoms with Crippen LogP contribution in [0.5, 0.6) is 0 Å². The highest BCUT2D eigenvalue weighted by Crippen LogP contribution is 2.69. The normalized spacial score (nSPS) is 48.3. The Morgan fingerprint density at radius 1 is 1.20 bits per heavy atom. The molecule has 35 heavy (non-hydrogen) atoms. The Morgan fingerprint density at radius 2 is 1.89 bits per heavy atom. The van der Waals surface area contributed by atoms with Crippen LogP contribution in [0.25, 0.3) is 0 Å². The average molecular weight is 491 g/mol. The van der Waals surface area contributed by atoms with Gasteiger partial charge in [0.05, 0.1) is 12.2 Å². The number of aliphatic hydroxyl groups excluding tert-OH is 2. The minimum absolute atomic E-state index is 0.0468. The van der Waals surface area contributed by atoms with Crippen molar-refractivity contribution < 1.29 is 29.6 Å². The fourth-order valence-electron chi connectivity index (χ4n) is 8.83. The van der Waals surface area contributed by atoms with Gasteiger partial charge >= 0.3 is 11.9 Å². The number of fused-ring (bicyclic) bond motifs is 5. The molecule has 0 unspecified atom stereocenters. The Hall–Kier alpha value is -1.74. The number of esters is 1. The molecule has 10 atom stereocenters. The van der Waals surface area contributed by atoms with Crippen molar-refractivity contribution >= 4 is 11.9 Å². The van der Waals surface area contributed by atoms with E-state index in [1.54, 1.807) is 6.08 Å². The second-order valence-corrected chi connectivity index (χ2v) is 12.0. The average Bonchev–Trinajstić information content (AvgIpc) is 3.03. The van der Waals surface area contributed by atoms with Gasteiger partial charge in [-0.15, -0.1) is 6.58 Å². The van der Waals surface area contributed by atoms with Crippen LogP contribution in [0.15, 0.2) is 23.8 Å². The number of rotatable bonds is 5. The maximum atomic E-state index is 12.4. The van der Waals surface area contributed by atoms with Crippen LogP contribution >= 0.6 is 0 Å². The van der Waals surface area contributed by atoms with Crippen molar-refractivity contribution in [1.82, 2.24) is 0 Å². The summed E-state index contributed by atoms with van der Waals surface area (Å²) in [5.41, 5.74) is 13.0. The van der Waals surface area contributed by atoms with Crippen molar-refractivity contribution in [2.75, 3.05) is 0 Å². The molecule has 8 heteroatoms. The topological polar surface area (TPSA) is 156 Å². The first-order valence-corrected chi connectivity index (χ1v) is 13.0. The first-order valence-electron chi connectivity index (χ1n) is 13.0. The van der Waals surface area contributed by atoms with Gasteiger partial charge in [0, 0.05) is 30.0 Å². The Bertz CT molecular complexity index is 935. The van der Waals surface area contributed by atoms with Crippen molar-refractivity contribution in [3.05, 3.63) is 23.8 Å². The zero-order valence-corrected chi connectivity index (χ0v) is 21.2. The lowest BCUT2D eigenvalue weighted by Crippen LogP contribution is -2.75. The van der Waals surface area contributed by atoms with E-state index in [9.17, 15) is 24.9 Å². The Balaban J connectivity index is 1.84. The predicted octanol–water partition coefficient (Wildman–Crippen LogP) is 2.27. The lowest BCUT2D eigenvalue weighted by atomic mass is 9.39. The third-order valence-corrected chi connectivity index (χ3v) is 10.4. The van der Waals surface area contributed by atoms with E-state index < -0.39 is 41.2 Å². The molecular weight excluding hydrogens is 448 g/mol. The van der Waals surface area contributed by atoms with Crippen molar-refractivity contribution in [2.24, 2.45) is 40.1 Å². The van der Waals surface area contributed by atoms with Gasteiger partial charge in [0.25, 0.3) is 0 Å². The number of ether oxygens (including phenoxy) is 1. The highest BCUT2D eigenvalue weighted by Gasteiger charge is 2.71. The second kappa shape index (κ2) is 8.98. The number of carboxylic acid groups (broad SMARTS) is 1. The van der Waals surface area contributed by atoms with E-state index in [4.69, 9.17) is 16.2 Å². The predicted molar refractivity (Wildman–Crippen MR) is 131 cm³/mol. The highest BCUT2D eigenvalue weighted by molar-refractivity contribution is 5.88. The second-order valence-electron chi connectivity index (χ2n) is 12.0. The summed E-state index contributed by atoms with van der Waals surface area (Å²) in [5, 5.41) is 32.3. The monoisotopic (exact) mass is 490 g/mol. The van der Waals surface area contributed by atoms with Crippen LogP contribution in [0.4, 0.5) is 0 Å². The molecule has 4 fully saturated rings. The van der Waals surface area contributed by atoms with E-state index in [0.717, 1.165) is 12.8 Å². The number of carbonyl (C=O) groups excluding carboxylic acids is 1. The molecule has 7 N–H and O–H groups in total. The summed E-state index contributed by atoms with van der Waals surface area (Å²) in [6.45, 7) is 9.31. The van der Waals surface area contributed by atoms with Crippen LogP contribution in [0.2, 0.25) is 0 Å². The molecule has 0 aromatic carbocycles. The van der Waals surface area contributed by atoms with Gasteiger partial charge < -0.3 is 31.5 Å². The molecule has 0 heterocycles. The van der Waals surface area contributed by atoms with Crippen LogP contribution < -0.4 is 11.5 Å². The zero-order chi connectivity index (χ0) is 25.9. The number of carboxylic acids is 1. The van der Waals surface area contributed by atoms with E-state index >= 15 is 0 Å². The molecule has 4 aliphatic carbocycles.